The number of benzene rings is 1. The minimum absolute atomic E-state index is 0.812. The summed E-state index contributed by atoms with van der Waals surface area (Å²) < 4.78 is 2.90. The highest BCUT2D eigenvalue weighted by molar-refractivity contribution is 14.1. The molecule has 20 heavy (non-hydrogen) atoms. The molecule has 0 bridgehead atoms. The smallest absolute Gasteiger partial charge is 0.139 e. The van der Waals surface area contributed by atoms with Gasteiger partial charge in [-0.1, -0.05) is 29.5 Å². The summed E-state index contributed by atoms with van der Waals surface area (Å²) in [4.78, 5) is 4.74. The number of hydrogen-bond acceptors (Lipinski definition) is 3. The standard InChI is InChI=1S/C15H9IN4/c16-11-5-3-4-10-7-8-12(17-14(10)11)15-13-6-1-2-9-20(13)19-18-15/h1-9H. The number of hydrogen-bond donors (Lipinski definition) is 0. The zero-order chi connectivity index (χ0) is 13.5. The van der Waals surface area contributed by atoms with Crippen molar-refractivity contribution in [2.75, 3.05) is 0 Å². The lowest BCUT2D eigenvalue weighted by Crippen LogP contribution is -1.88. The van der Waals surface area contributed by atoms with Crippen molar-refractivity contribution in [1.29, 1.82) is 0 Å². The van der Waals surface area contributed by atoms with Crippen LogP contribution in [-0.4, -0.2) is 19.8 Å². The Morgan fingerprint density at radius 2 is 1.90 bits per heavy atom. The summed E-state index contributed by atoms with van der Waals surface area (Å²) in [6.07, 6.45) is 1.89. The van der Waals surface area contributed by atoms with Crippen LogP contribution in [0.4, 0.5) is 0 Å². The van der Waals surface area contributed by atoms with Crippen LogP contribution < -0.4 is 0 Å². The van der Waals surface area contributed by atoms with Crippen molar-refractivity contribution in [3.8, 4) is 11.4 Å². The maximum Gasteiger partial charge on any atom is 0.139 e. The maximum absolute atomic E-state index is 4.74. The van der Waals surface area contributed by atoms with Gasteiger partial charge in [-0.15, -0.1) is 5.10 Å². The average molecular weight is 372 g/mol. The second-order valence-corrected chi connectivity index (χ2v) is 5.64. The van der Waals surface area contributed by atoms with Crippen LogP contribution in [-0.2, 0) is 0 Å². The first-order valence-corrected chi connectivity index (χ1v) is 7.26. The van der Waals surface area contributed by atoms with E-state index < -0.39 is 0 Å². The van der Waals surface area contributed by atoms with Crippen molar-refractivity contribution in [3.63, 3.8) is 0 Å². The van der Waals surface area contributed by atoms with Gasteiger partial charge in [0.25, 0.3) is 0 Å². The first-order valence-electron chi connectivity index (χ1n) is 6.18. The Labute approximate surface area is 128 Å². The summed E-state index contributed by atoms with van der Waals surface area (Å²) in [6, 6.07) is 16.1. The van der Waals surface area contributed by atoms with E-state index in [9.17, 15) is 0 Å². The molecule has 0 saturated carbocycles. The van der Waals surface area contributed by atoms with Gasteiger partial charge in [0.2, 0.25) is 0 Å². The van der Waals surface area contributed by atoms with E-state index in [4.69, 9.17) is 4.98 Å². The lowest BCUT2D eigenvalue weighted by atomic mass is 10.1. The molecule has 5 heteroatoms. The van der Waals surface area contributed by atoms with Gasteiger partial charge in [-0.2, -0.15) is 0 Å². The Morgan fingerprint density at radius 3 is 2.85 bits per heavy atom. The Kier molecular flexibility index (Phi) is 2.66. The molecule has 3 heterocycles. The van der Waals surface area contributed by atoms with Gasteiger partial charge in [0.15, 0.2) is 0 Å². The van der Waals surface area contributed by atoms with Gasteiger partial charge in [0.05, 0.1) is 16.7 Å². The summed E-state index contributed by atoms with van der Waals surface area (Å²) in [7, 11) is 0. The van der Waals surface area contributed by atoms with Gasteiger partial charge < -0.3 is 0 Å². The van der Waals surface area contributed by atoms with Crippen molar-refractivity contribution >= 4 is 39.0 Å². The van der Waals surface area contributed by atoms with Crippen LogP contribution in [0.1, 0.15) is 0 Å². The quantitative estimate of drug-likeness (QED) is 0.480. The summed E-state index contributed by atoms with van der Waals surface area (Å²) >= 11 is 2.31. The van der Waals surface area contributed by atoms with Crippen molar-refractivity contribution in [2.24, 2.45) is 0 Å². The molecule has 96 valence electrons. The van der Waals surface area contributed by atoms with Gasteiger partial charge in [-0.05, 0) is 46.9 Å². The summed E-state index contributed by atoms with van der Waals surface area (Å²) in [5.41, 5.74) is 3.63. The lowest BCUT2D eigenvalue weighted by molar-refractivity contribution is 0.856. The third-order valence-corrected chi connectivity index (χ3v) is 4.11. The van der Waals surface area contributed by atoms with Gasteiger partial charge in [-0.3, -0.25) is 0 Å². The van der Waals surface area contributed by atoms with E-state index in [1.54, 1.807) is 4.52 Å². The van der Waals surface area contributed by atoms with Crippen molar-refractivity contribution in [1.82, 2.24) is 19.8 Å². The van der Waals surface area contributed by atoms with E-state index in [1.807, 2.05) is 36.5 Å². The van der Waals surface area contributed by atoms with Crippen molar-refractivity contribution in [2.45, 2.75) is 0 Å². The molecule has 0 atom stereocenters. The highest BCUT2D eigenvalue weighted by Crippen LogP contribution is 2.25. The Bertz CT molecular complexity index is 929. The second-order valence-electron chi connectivity index (χ2n) is 4.48. The van der Waals surface area contributed by atoms with Gasteiger partial charge >= 0.3 is 0 Å². The molecule has 0 unspecified atom stereocenters. The fraction of sp³-hybridized carbons (Fsp3) is 0. The predicted octanol–water partition coefficient (Wildman–Crippen LogP) is 3.55. The zero-order valence-corrected chi connectivity index (χ0v) is 12.5. The fourth-order valence-electron chi connectivity index (χ4n) is 2.27. The van der Waals surface area contributed by atoms with Crippen LogP contribution in [0.25, 0.3) is 27.8 Å². The molecule has 0 aliphatic carbocycles. The molecule has 4 nitrogen and oxygen atoms in total. The van der Waals surface area contributed by atoms with Gasteiger partial charge in [0, 0.05) is 15.2 Å². The number of nitrogens with zero attached hydrogens (tertiary/aromatic N) is 4. The molecule has 0 N–H and O–H groups in total. The van der Waals surface area contributed by atoms with Crippen LogP contribution in [0.2, 0.25) is 0 Å². The minimum atomic E-state index is 0.812. The molecular weight excluding hydrogens is 363 g/mol. The Balaban J connectivity index is 2.00. The molecular formula is C15H9IN4. The molecule has 0 saturated heterocycles. The molecule has 0 radical (unpaired) electrons. The normalized spacial score (nSPS) is 11.2. The van der Waals surface area contributed by atoms with Crippen LogP contribution in [0, 0.1) is 3.57 Å². The molecule has 4 aromatic rings. The van der Waals surface area contributed by atoms with Crippen LogP contribution in [0.5, 0.6) is 0 Å². The van der Waals surface area contributed by atoms with Crippen LogP contribution in [0.15, 0.2) is 54.7 Å². The average Bonchev–Trinajstić information content (AvgIpc) is 2.91. The van der Waals surface area contributed by atoms with E-state index in [2.05, 4.69) is 51.1 Å². The summed E-state index contributed by atoms with van der Waals surface area (Å²) in [5.74, 6) is 0. The number of fused-ring (bicyclic) bond motifs is 2. The molecule has 0 fully saturated rings. The molecule has 3 aromatic heterocycles. The maximum atomic E-state index is 4.74. The van der Waals surface area contributed by atoms with Crippen LogP contribution >= 0.6 is 22.6 Å². The second kappa shape index (κ2) is 4.52. The van der Waals surface area contributed by atoms with E-state index in [-0.39, 0.29) is 0 Å². The van der Waals surface area contributed by atoms with E-state index in [0.717, 1.165) is 31.4 Å². The third kappa shape index (κ3) is 1.77. The number of rotatable bonds is 1. The van der Waals surface area contributed by atoms with E-state index in [1.165, 1.54) is 0 Å². The molecule has 0 amide bonds. The fourth-order valence-corrected chi connectivity index (χ4v) is 2.91. The SMILES string of the molecule is Ic1cccc2ccc(-c3nnn4ccccc34)nc12. The number of pyridine rings is 2. The minimum Gasteiger partial charge on any atom is -0.245 e. The molecule has 0 spiro atoms. The predicted molar refractivity (Wildman–Crippen MR) is 86.4 cm³/mol. The number of para-hydroxylation sites is 1. The topological polar surface area (TPSA) is 43.1 Å². The molecule has 0 aliphatic rings. The highest BCUT2D eigenvalue weighted by atomic mass is 127. The third-order valence-electron chi connectivity index (χ3n) is 3.24. The highest BCUT2D eigenvalue weighted by Gasteiger charge is 2.10. The van der Waals surface area contributed by atoms with Crippen molar-refractivity contribution < 1.29 is 0 Å². The number of aromatic nitrogens is 4. The Morgan fingerprint density at radius 1 is 0.950 bits per heavy atom. The summed E-state index contributed by atoms with van der Waals surface area (Å²) in [5, 5.41) is 9.51. The zero-order valence-electron chi connectivity index (χ0n) is 10.4. The molecule has 4 rings (SSSR count). The van der Waals surface area contributed by atoms with Gasteiger partial charge in [0.1, 0.15) is 5.69 Å². The lowest BCUT2D eigenvalue weighted by Gasteiger charge is -2.02. The monoisotopic (exact) mass is 372 g/mol. The van der Waals surface area contributed by atoms with Gasteiger partial charge in [-0.25, -0.2) is 9.50 Å². The largest absolute Gasteiger partial charge is 0.245 e. The van der Waals surface area contributed by atoms with E-state index in [0.29, 0.717) is 0 Å². The van der Waals surface area contributed by atoms with Crippen LogP contribution in [0.3, 0.4) is 0 Å². The first kappa shape index (κ1) is 11.8. The first-order chi connectivity index (χ1) is 9.83. The molecule has 0 aliphatic heterocycles. The van der Waals surface area contributed by atoms with E-state index >= 15 is 0 Å². The Hall–Kier alpha value is -2.02. The van der Waals surface area contributed by atoms with Crippen molar-refractivity contribution in [3.05, 3.63) is 58.3 Å². The number of halogens is 1. The summed E-state index contributed by atoms with van der Waals surface area (Å²) in [6.45, 7) is 0. The molecule has 1 aromatic carbocycles.